The Balaban J connectivity index is 1.84. The minimum absolute atomic E-state index is 0.630. The predicted molar refractivity (Wildman–Crippen MR) is 74.8 cm³/mol. The Hall–Kier alpha value is -1.09. The fourth-order valence-corrected chi connectivity index (χ4v) is 3.68. The van der Waals surface area contributed by atoms with Gasteiger partial charge in [0.25, 0.3) is 0 Å². The van der Waals surface area contributed by atoms with Gasteiger partial charge in [-0.2, -0.15) is 0 Å². The first-order chi connectivity index (χ1) is 8.22. The summed E-state index contributed by atoms with van der Waals surface area (Å²) < 4.78 is 1.29. The molecule has 0 amide bonds. The van der Waals surface area contributed by atoms with Gasteiger partial charge in [0.15, 0.2) is 5.13 Å². The minimum atomic E-state index is 0.630. The van der Waals surface area contributed by atoms with Crippen LogP contribution in [0, 0.1) is 12.8 Å². The molecule has 2 aromatic rings. The lowest BCUT2D eigenvalue weighted by Crippen LogP contribution is -2.14. The highest BCUT2D eigenvalue weighted by Gasteiger charge is 2.21. The minimum Gasteiger partial charge on any atom is -0.359 e. The highest BCUT2D eigenvalue weighted by molar-refractivity contribution is 7.22. The lowest BCUT2D eigenvalue weighted by atomic mass is 10.1. The number of fused-ring (bicyclic) bond motifs is 1. The van der Waals surface area contributed by atoms with Crippen LogP contribution < -0.4 is 5.32 Å². The van der Waals surface area contributed by atoms with E-state index in [0.29, 0.717) is 6.04 Å². The molecule has 1 N–H and O–H groups in total. The highest BCUT2D eigenvalue weighted by atomic mass is 32.1. The Morgan fingerprint density at radius 1 is 1.35 bits per heavy atom. The lowest BCUT2D eigenvalue weighted by molar-refractivity contribution is 0.602. The SMILES string of the molecule is Cc1cccc2sc(NC3CCC(C)C3)nc12. The zero-order valence-electron chi connectivity index (χ0n) is 10.4. The number of benzene rings is 1. The molecule has 1 saturated carbocycles. The van der Waals surface area contributed by atoms with E-state index in [-0.39, 0.29) is 0 Å². The van der Waals surface area contributed by atoms with E-state index in [0.717, 1.165) is 16.6 Å². The molecule has 3 heteroatoms. The van der Waals surface area contributed by atoms with Crippen molar-refractivity contribution in [1.82, 2.24) is 4.98 Å². The Kier molecular flexibility index (Phi) is 2.79. The summed E-state index contributed by atoms with van der Waals surface area (Å²) in [7, 11) is 0. The summed E-state index contributed by atoms with van der Waals surface area (Å²) in [5.74, 6) is 0.864. The molecule has 1 heterocycles. The number of hydrogen-bond acceptors (Lipinski definition) is 3. The first kappa shape index (κ1) is 11.0. The molecule has 1 aliphatic rings. The molecule has 0 saturated heterocycles. The molecule has 1 aromatic carbocycles. The third kappa shape index (κ3) is 2.16. The number of aromatic nitrogens is 1. The molecule has 3 rings (SSSR count). The number of nitrogens with zero attached hydrogens (tertiary/aromatic N) is 1. The average Bonchev–Trinajstić information content (AvgIpc) is 2.86. The number of para-hydroxylation sites is 1. The second-order valence-corrected chi connectivity index (χ2v) is 6.23. The van der Waals surface area contributed by atoms with Crippen molar-refractivity contribution in [2.75, 3.05) is 5.32 Å². The van der Waals surface area contributed by atoms with Gasteiger partial charge in [-0.25, -0.2) is 4.98 Å². The molecule has 1 fully saturated rings. The largest absolute Gasteiger partial charge is 0.359 e. The molecular formula is C14H18N2S. The molecule has 2 atom stereocenters. The van der Waals surface area contributed by atoms with Crippen molar-refractivity contribution in [2.45, 2.75) is 39.2 Å². The lowest BCUT2D eigenvalue weighted by Gasteiger charge is -2.10. The molecule has 0 radical (unpaired) electrons. The molecular weight excluding hydrogens is 228 g/mol. The molecule has 90 valence electrons. The summed E-state index contributed by atoms with van der Waals surface area (Å²) in [5, 5.41) is 4.69. The number of thiazole rings is 1. The van der Waals surface area contributed by atoms with Crippen molar-refractivity contribution in [2.24, 2.45) is 5.92 Å². The third-order valence-electron chi connectivity index (χ3n) is 3.64. The molecule has 2 nitrogen and oxygen atoms in total. The summed E-state index contributed by atoms with van der Waals surface area (Å²) in [6, 6.07) is 7.02. The fourth-order valence-electron chi connectivity index (χ4n) is 2.66. The van der Waals surface area contributed by atoms with Gasteiger partial charge in [0.2, 0.25) is 0 Å². The van der Waals surface area contributed by atoms with Crippen molar-refractivity contribution >= 4 is 26.7 Å². The first-order valence-electron chi connectivity index (χ1n) is 6.35. The van der Waals surface area contributed by atoms with Crippen molar-refractivity contribution in [3.8, 4) is 0 Å². The van der Waals surface area contributed by atoms with Crippen LogP contribution in [0.2, 0.25) is 0 Å². The van der Waals surface area contributed by atoms with E-state index in [1.54, 1.807) is 11.3 Å². The zero-order valence-corrected chi connectivity index (χ0v) is 11.2. The Labute approximate surface area is 106 Å². The molecule has 17 heavy (non-hydrogen) atoms. The van der Waals surface area contributed by atoms with Gasteiger partial charge in [-0.1, -0.05) is 30.4 Å². The predicted octanol–water partition coefficient (Wildman–Crippen LogP) is 4.21. The zero-order chi connectivity index (χ0) is 11.8. The number of nitrogens with one attached hydrogen (secondary N) is 1. The van der Waals surface area contributed by atoms with Gasteiger partial charge < -0.3 is 5.32 Å². The number of anilines is 1. The van der Waals surface area contributed by atoms with Gasteiger partial charge in [0, 0.05) is 6.04 Å². The van der Waals surface area contributed by atoms with Crippen LogP contribution in [-0.4, -0.2) is 11.0 Å². The van der Waals surface area contributed by atoms with Gasteiger partial charge in [0.05, 0.1) is 10.2 Å². The van der Waals surface area contributed by atoms with Crippen molar-refractivity contribution in [1.29, 1.82) is 0 Å². The summed E-state index contributed by atoms with van der Waals surface area (Å²) in [4.78, 5) is 4.71. The maximum absolute atomic E-state index is 4.71. The van der Waals surface area contributed by atoms with E-state index >= 15 is 0 Å². The summed E-state index contributed by atoms with van der Waals surface area (Å²) >= 11 is 1.78. The Morgan fingerprint density at radius 3 is 2.94 bits per heavy atom. The second-order valence-electron chi connectivity index (χ2n) is 5.20. The summed E-state index contributed by atoms with van der Waals surface area (Å²) in [5.41, 5.74) is 2.43. The Morgan fingerprint density at radius 2 is 2.24 bits per heavy atom. The van der Waals surface area contributed by atoms with Crippen LogP contribution in [0.4, 0.5) is 5.13 Å². The fraction of sp³-hybridized carbons (Fsp3) is 0.500. The molecule has 1 aliphatic carbocycles. The van der Waals surface area contributed by atoms with Crippen LogP contribution in [0.3, 0.4) is 0 Å². The first-order valence-corrected chi connectivity index (χ1v) is 7.16. The second kappa shape index (κ2) is 4.30. The highest BCUT2D eigenvalue weighted by Crippen LogP contribution is 2.32. The van der Waals surface area contributed by atoms with Gasteiger partial charge in [-0.15, -0.1) is 0 Å². The van der Waals surface area contributed by atoms with Crippen molar-refractivity contribution < 1.29 is 0 Å². The van der Waals surface area contributed by atoms with Crippen LogP contribution >= 0.6 is 11.3 Å². The van der Waals surface area contributed by atoms with E-state index in [4.69, 9.17) is 4.98 Å². The topological polar surface area (TPSA) is 24.9 Å². The molecule has 0 spiro atoms. The number of hydrogen-bond donors (Lipinski definition) is 1. The Bertz CT molecular complexity index is 532. The van der Waals surface area contributed by atoms with E-state index < -0.39 is 0 Å². The monoisotopic (exact) mass is 246 g/mol. The van der Waals surface area contributed by atoms with Gasteiger partial charge in [0.1, 0.15) is 0 Å². The molecule has 2 unspecified atom stereocenters. The van der Waals surface area contributed by atoms with Crippen molar-refractivity contribution in [3.05, 3.63) is 23.8 Å². The van der Waals surface area contributed by atoms with E-state index in [1.165, 1.54) is 29.5 Å². The normalized spacial score (nSPS) is 24.4. The van der Waals surface area contributed by atoms with Gasteiger partial charge >= 0.3 is 0 Å². The standard InChI is InChI=1S/C14H18N2S/c1-9-6-7-11(8-9)15-14-16-13-10(2)4-3-5-12(13)17-14/h3-5,9,11H,6-8H2,1-2H3,(H,15,16). The molecule has 0 aliphatic heterocycles. The average molecular weight is 246 g/mol. The maximum atomic E-state index is 4.71. The van der Waals surface area contributed by atoms with Crippen LogP contribution in [-0.2, 0) is 0 Å². The smallest absolute Gasteiger partial charge is 0.184 e. The van der Waals surface area contributed by atoms with Crippen molar-refractivity contribution in [3.63, 3.8) is 0 Å². The number of rotatable bonds is 2. The van der Waals surface area contributed by atoms with Crippen LogP contribution in [0.25, 0.3) is 10.2 Å². The van der Waals surface area contributed by atoms with E-state index in [9.17, 15) is 0 Å². The number of aryl methyl sites for hydroxylation is 1. The maximum Gasteiger partial charge on any atom is 0.184 e. The summed E-state index contributed by atoms with van der Waals surface area (Å²) in [6.07, 6.45) is 3.92. The quantitative estimate of drug-likeness (QED) is 0.858. The van der Waals surface area contributed by atoms with Gasteiger partial charge in [-0.05, 0) is 43.7 Å². The van der Waals surface area contributed by atoms with Gasteiger partial charge in [-0.3, -0.25) is 0 Å². The van der Waals surface area contributed by atoms with E-state index in [1.807, 2.05) is 0 Å². The van der Waals surface area contributed by atoms with Crippen LogP contribution in [0.15, 0.2) is 18.2 Å². The molecule has 0 bridgehead atoms. The van der Waals surface area contributed by atoms with E-state index in [2.05, 4.69) is 37.4 Å². The molecule has 1 aromatic heterocycles. The summed E-state index contributed by atoms with van der Waals surface area (Å²) in [6.45, 7) is 4.47. The third-order valence-corrected chi connectivity index (χ3v) is 4.59. The van der Waals surface area contributed by atoms with Crippen LogP contribution in [0.5, 0.6) is 0 Å². The van der Waals surface area contributed by atoms with Crippen LogP contribution in [0.1, 0.15) is 31.7 Å².